The zero-order chi connectivity index (χ0) is 13.7. The number of carbonyl (C=O) groups is 1. The fourth-order valence-electron chi connectivity index (χ4n) is 5.27. The largest absolute Gasteiger partial charge is 0.481 e. The second kappa shape index (κ2) is 4.34. The minimum atomic E-state index is -0.774. The van der Waals surface area contributed by atoms with E-state index in [1.165, 1.54) is 38.5 Å². The van der Waals surface area contributed by atoms with Gasteiger partial charge in [0.25, 0.3) is 0 Å². The van der Waals surface area contributed by atoms with Crippen molar-refractivity contribution in [1.29, 1.82) is 0 Å². The molecule has 4 fully saturated rings. The monoisotopic (exact) mass is 275 g/mol. The Bertz CT molecular complexity index is 498. The minimum absolute atomic E-state index is 0.132. The van der Waals surface area contributed by atoms with Crippen LogP contribution < -0.4 is 0 Å². The van der Waals surface area contributed by atoms with Crippen molar-refractivity contribution in [3.05, 3.63) is 17.8 Å². The highest BCUT2D eigenvalue weighted by Gasteiger charge is 2.53. The molecule has 0 spiro atoms. The molecule has 1 aromatic heterocycles. The highest BCUT2D eigenvalue weighted by Crippen LogP contribution is 2.60. The number of carboxylic acid groups (broad SMARTS) is 1. The Hall–Kier alpha value is -1.32. The zero-order valence-corrected chi connectivity index (χ0v) is 11.7. The Balaban J connectivity index is 1.56. The predicted molar refractivity (Wildman–Crippen MR) is 72.3 cm³/mol. The van der Waals surface area contributed by atoms with Crippen molar-refractivity contribution in [3.8, 4) is 0 Å². The van der Waals surface area contributed by atoms with Gasteiger partial charge in [0.05, 0.1) is 12.1 Å². The lowest BCUT2D eigenvalue weighted by Crippen LogP contribution is -2.48. The maximum absolute atomic E-state index is 10.6. The van der Waals surface area contributed by atoms with E-state index in [1.54, 1.807) is 6.26 Å². The van der Waals surface area contributed by atoms with Crippen LogP contribution in [-0.4, -0.2) is 16.1 Å². The van der Waals surface area contributed by atoms with E-state index in [9.17, 15) is 4.79 Å². The van der Waals surface area contributed by atoms with E-state index in [0.29, 0.717) is 6.42 Å². The molecule has 0 saturated heterocycles. The SMILES string of the molecule is O=C(O)CCc1coc(C23CC4CC(CC(C4)C2)C3)n1. The fourth-order valence-corrected chi connectivity index (χ4v) is 5.27. The molecule has 4 nitrogen and oxygen atoms in total. The van der Waals surface area contributed by atoms with Crippen LogP contribution in [0.3, 0.4) is 0 Å². The molecule has 0 aliphatic heterocycles. The summed E-state index contributed by atoms with van der Waals surface area (Å²) in [7, 11) is 0. The van der Waals surface area contributed by atoms with Crippen LogP contribution in [-0.2, 0) is 16.6 Å². The lowest BCUT2D eigenvalue weighted by Gasteiger charge is -2.55. The highest BCUT2D eigenvalue weighted by atomic mass is 16.4. The van der Waals surface area contributed by atoms with Crippen molar-refractivity contribution in [3.63, 3.8) is 0 Å². The molecular formula is C16H21NO3. The summed E-state index contributed by atoms with van der Waals surface area (Å²) in [5, 5.41) is 8.75. The maximum atomic E-state index is 10.6. The van der Waals surface area contributed by atoms with Crippen LogP contribution in [0.25, 0.3) is 0 Å². The third-order valence-electron chi connectivity index (χ3n) is 5.64. The fraction of sp³-hybridized carbons (Fsp3) is 0.750. The molecule has 0 aromatic carbocycles. The number of nitrogens with zero attached hydrogens (tertiary/aromatic N) is 1. The highest BCUT2D eigenvalue weighted by molar-refractivity contribution is 5.66. The molecule has 1 heterocycles. The van der Waals surface area contributed by atoms with E-state index < -0.39 is 5.97 Å². The average molecular weight is 275 g/mol. The smallest absolute Gasteiger partial charge is 0.303 e. The molecule has 1 aromatic rings. The predicted octanol–water partition coefficient (Wildman–Crippen LogP) is 3.16. The molecule has 1 N–H and O–H groups in total. The van der Waals surface area contributed by atoms with Crippen molar-refractivity contribution >= 4 is 5.97 Å². The van der Waals surface area contributed by atoms with Crippen molar-refractivity contribution in [2.75, 3.05) is 0 Å². The van der Waals surface area contributed by atoms with Gasteiger partial charge in [0.2, 0.25) is 0 Å². The van der Waals surface area contributed by atoms with Crippen LogP contribution in [0.1, 0.15) is 56.5 Å². The molecule has 4 heteroatoms. The second-order valence-electron chi connectivity index (χ2n) is 7.24. The summed E-state index contributed by atoms with van der Waals surface area (Å²) in [4.78, 5) is 15.3. The molecule has 20 heavy (non-hydrogen) atoms. The number of aliphatic carboxylic acids is 1. The van der Waals surface area contributed by atoms with Gasteiger partial charge in [-0.25, -0.2) is 4.98 Å². The molecule has 0 amide bonds. The van der Waals surface area contributed by atoms with Crippen LogP contribution in [0.5, 0.6) is 0 Å². The number of aromatic nitrogens is 1. The van der Waals surface area contributed by atoms with Gasteiger partial charge in [0.15, 0.2) is 5.89 Å². The molecule has 0 radical (unpaired) electrons. The average Bonchev–Trinajstić information content (AvgIpc) is 2.84. The molecule has 108 valence electrons. The van der Waals surface area contributed by atoms with E-state index in [-0.39, 0.29) is 11.8 Å². The van der Waals surface area contributed by atoms with Crippen LogP contribution in [0.15, 0.2) is 10.7 Å². The lowest BCUT2D eigenvalue weighted by atomic mass is 9.49. The van der Waals surface area contributed by atoms with Crippen LogP contribution >= 0.6 is 0 Å². The van der Waals surface area contributed by atoms with E-state index in [2.05, 4.69) is 4.98 Å². The summed E-state index contributed by atoms with van der Waals surface area (Å²) >= 11 is 0. The molecule has 5 rings (SSSR count). The molecule has 4 saturated carbocycles. The summed E-state index contributed by atoms with van der Waals surface area (Å²) in [6.45, 7) is 0. The molecular weight excluding hydrogens is 254 g/mol. The summed E-state index contributed by atoms with van der Waals surface area (Å²) in [5.41, 5.74) is 0.981. The van der Waals surface area contributed by atoms with Crippen molar-refractivity contribution < 1.29 is 14.3 Å². The van der Waals surface area contributed by atoms with Gasteiger partial charge in [-0.3, -0.25) is 4.79 Å². The Labute approximate surface area is 118 Å². The van der Waals surface area contributed by atoms with Gasteiger partial charge >= 0.3 is 5.97 Å². The lowest BCUT2D eigenvalue weighted by molar-refractivity contribution is -0.136. The van der Waals surface area contributed by atoms with Crippen LogP contribution in [0.4, 0.5) is 0 Å². The number of hydrogen-bond acceptors (Lipinski definition) is 3. The Morgan fingerprint density at radius 2 is 1.85 bits per heavy atom. The first-order chi connectivity index (χ1) is 9.63. The minimum Gasteiger partial charge on any atom is -0.481 e. The van der Waals surface area contributed by atoms with Gasteiger partial charge in [0, 0.05) is 11.8 Å². The number of hydrogen-bond donors (Lipinski definition) is 1. The summed E-state index contributed by atoms with van der Waals surface area (Å²) in [5.74, 6) is 2.74. The van der Waals surface area contributed by atoms with Crippen molar-refractivity contribution in [1.82, 2.24) is 4.98 Å². The number of rotatable bonds is 4. The Kier molecular flexibility index (Phi) is 2.69. The van der Waals surface area contributed by atoms with E-state index in [4.69, 9.17) is 9.52 Å². The van der Waals surface area contributed by atoms with E-state index >= 15 is 0 Å². The third-order valence-corrected chi connectivity index (χ3v) is 5.64. The summed E-state index contributed by atoms with van der Waals surface area (Å²) in [6.07, 6.45) is 10.2. The van der Waals surface area contributed by atoms with Gasteiger partial charge in [-0.15, -0.1) is 0 Å². The van der Waals surface area contributed by atoms with Gasteiger partial charge in [-0.2, -0.15) is 0 Å². The summed E-state index contributed by atoms with van der Waals surface area (Å²) in [6, 6.07) is 0. The molecule has 4 aliphatic carbocycles. The Morgan fingerprint density at radius 3 is 2.40 bits per heavy atom. The molecule has 0 atom stereocenters. The third kappa shape index (κ3) is 1.97. The molecule has 4 aliphatic rings. The second-order valence-corrected chi connectivity index (χ2v) is 7.24. The molecule has 0 unspecified atom stereocenters. The Morgan fingerprint density at radius 1 is 1.25 bits per heavy atom. The van der Waals surface area contributed by atoms with Gasteiger partial charge < -0.3 is 9.52 Å². The maximum Gasteiger partial charge on any atom is 0.303 e. The first-order valence-corrected chi connectivity index (χ1v) is 7.80. The normalized spacial score (nSPS) is 38.3. The quantitative estimate of drug-likeness (QED) is 0.916. The van der Waals surface area contributed by atoms with Gasteiger partial charge in [-0.05, 0) is 56.3 Å². The number of oxazole rings is 1. The standard InChI is InChI=1S/C16H21NO3/c18-14(19)2-1-13-9-20-15(17-13)16-6-10-3-11(7-16)5-12(4-10)8-16/h9-12H,1-8H2,(H,18,19). The van der Waals surface area contributed by atoms with Gasteiger partial charge in [-0.1, -0.05) is 0 Å². The topological polar surface area (TPSA) is 63.3 Å². The number of aryl methyl sites for hydroxylation is 1. The van der Waals surface area contributed by atoms with Gasteiger partial charge in [0.1, 0.15) is 6.26 Å². The molecule has 4 bridgehead atoms. The number of carboxylic acids is 1. The van der Waals surface area contributed by atoms with E-state index in [0.717, 1.165) is 29.3 Å². The van der Waals surface area contributed by atoms with E-state index in [1.807, 2.05) is 0 Å². The first kappa shape index (κ1) is 12.4. The van der Waals surface area contributed by atoms with Crippen LogP contribution in [0, 0.1) is 17.8 Å². The van der Waals surface area contributed by atoms with Crippen molar-refractivity contribution in [2.24, 2.45) is 17.8 Å². The zero-order valence-electron chi connectivity index (χ0n) is 11.7. The van der Waals surface area contributed by atoms with Crippen molar-refractivity contribution in [2.45, 2.75) is 56.8 Å². The summed E-state index contributed by atoms with van der Waals surface area (Å²) < 4.78 is 5.78. The first-order valence-electron chi connectivity index (χ1n) is 7.80. The van der Waals surface area contributed by atoms with Crippen LogP contribution in [0.2, 0.25) is 0 Å².